The van der Waals surface area contributed by atoms with Gasteiger partial charge in [0.15, 0.2) is 5.17 Å². The zero-order valence-corrected chi connectivity index (χ0v) is 14.5. The molecule has 1 aliphatic heterocycles. The fraction of sp³-hybridized carbons (Fsp3) is 0.385. The highest BCUT2D eigenvalue weighted by Crippen LogP contribution is 2.35. The monoisotopic (exact) mass is 422 g/mol. The molecule has 1 amide bonds. The fourth-order valence-electron chi connectivity index (χ4n) is 1.76. The molecule has 138 valence electrons. The first-order valence-corrected chi connectivity index (χ1v) is 8.87. The van der Waals surface area contributed by atoms with Gasteiger partial charge in [0.2, 0.25) is 5.91 Å². The van der Waals surface area contributed by atoms with E-state index >= 15 is 0 Å². The Morgan fingerprint density at radius 1 is 1.20 bits per heavy atom. The van der Waals surface area contributed by atoms with Crippen LogP contribution in [0.25, 0.3) is 0 Å². The third kappa shape index (κ3) is 6.30. The standard InChI is InChI=1S/C13H9ClF6N2OS2/c14-8-2-1-7(3-9(8)25-6-13(18,19)20)21-11-22(5-12(15,16)17)10(23)4-24-11/h1-3H,4-6H2/b21-11-. The van der Waals surface area contributed by atoms with E-state index in [0.717, 1.165) is 11.8 Å². The van der Waals surface area contributed by atoms with Crippen molar-refractivity contribution in [2.75, 3.05) is 18.1 Å². The summed E-state index contributed by atoms with van der Waals surface area (Å²) in [5.74, 6) is -2.08. The Kier molecular flexibility index (Phi) is 6.21. The molecule has 2 rings (SSSR count). The summed E-state index contributed by atoms with van der Waals surface area (Å²) < 4.78 is 74.5. The molecule has 0 bridgehead atoms. The van der Waals surface area contributed by atoms with Gasteiger partial charge in [-0.05, 0) is 18.2 Å². The van der Waals surface area contributed by atoms with Gasteiger partial charge in [0, 0.05) is 4.90 Å². The lowest BCUT2D eigenvalue weighted by molar-refractivity contribution is -0.150. The average Bonchev–Trinajstić information content (AvgIpc) is 2.78. The van der Waals surface area contributed by atoms with Crippen LogP contribution in [-0.2, 0) is 4.79 Å². The van der Waals surface area contributed by atoms with Crippen molar-refractivity contribution in [3.63, 3.8) is 0 Å². The Morgan fingerprint density at radius 2 is 1.88 bits per heavy atom. The van der Waals surface area contributed by atoms with Gasteiger partial charge < -0.3 is 0 Å². The van der Waals surface area contributed by atoms with Gasteiger partial charge in [0.25, 0.3) is 0 Å². The SMILES string of the molecule is O=C1CS/C(=N\c2ccc(Cl)c(SCC(F)(F)F)c2)N1CC(F)(F)F. The van der Waals surface area contributed by atoms with Crippen molar-refractivity contribution in [1.82, 2.24) is 4.90 Å². The molecule has 1 fully saturated rings. The number of alkyl halides is 6. The van der Waals surface area contributed by atoms with E-state index in [1.54, 1.807) is 0 Å². The highest BCUT2D eigenvalue weighted by molar-refractivity contribution is 8.15. The van der Waals surface area contributed by atoms with Crippen molar-refractivity contribution in [2.45, 2.75) is 17.2 Å². The number of thioether (sulfide) groups is 2. The summed E-state index contributed by atoms with van der Waals surface area (Å²) in [6, 6.07) is 3.89. The zero-order valence-electron chi connectivity index (χ0n) is 12.1. The van der Waals surface area contributed by atoms with E-state index in [1.165, 1.54) is 18.2 Å². The molecule has 1 heterocycles. The Bertz CT molecular complexity index is 692. The van der Waals surface area contributed by atoms with Crippen LogP contribution in [0.3, 0.4) is 0 Å². The van der Waals surface area contributed by atoms with Gasteiger partial charge in [-0.3, -0.25) is 9.69 Å². The lowest BCUT2D eigenvalue weighted by Gasteiger charge is -2.17. The number of rotatable bonds is 4. The maximum absolute atomic E-state index is 12.5. The maximum Gasteiger partial charge on any atom is 0.406 e. The van der Waals surface area contributed by atoms with Gasteiger partial charge in [0.05, 0.1) is 22.2 Å². The minimum Gasteiger partial charge on any atom is -0.281 e. The minimum atomic E-state index is -4.59. The van der Waals surface area contributed by atoms with E-state index in [-0.39, 0.29) is 26.5 Å². The van der Waals surface area contributed by atoms with Crippen LogP contribution in [0, 0.1) is 0 Å². The second-order valence-electron chi connectivity index (χ2n) is 4.80. The molecule has 3 nitrogen and oxygen atoms in total. The van der Waals surface area contributed by atoms with Crippen LogP contribution >= 0.6 is 35.1 Å². The van der Waals surface area contributed by atoms with Crippen molar-refractivity contribution in [2.24, 2.45) is 4.99 Å². The molecular formula is C13H9ClF6N2OS2. The Hall–Kier alpha value is -1.07. The summed E-state index contributed by atoms with van der Waals surface area (Å²) in [5.41, 5.74) is 0.110. The second-order valence-corrected chi connectivity index (χ2v) is 7.16. The number of carbonyl (C=O) groups excluding carboxylic acids is 1. The predicted molar refractivity (Wildman–Crippen MR) is 85.6 cm³/mol. The van der Waals surface area contributed by atoms with Crippen LogP contribution in [-0.4, -0.2) is 46.4 Å². The van der Waals surface area contributed by atoms with E-state index in [9.17, 15) is 31.1 Å². The lowest BCUT2D eigenvalue weighted by Crippen LogP contribution is -2.38. The van der Waals surface area contributed by atoms with Gasteiger partial charge in [-0.25, -0.2) is 4.99 Å². The molecule has 1 saturated heterocycles. The quantitative estimate of drug-likeness (QED) is 0.498. The summed E-state index contributed by atoms with van der Waals surface area (Å²) in [6.07, 6.45) is -8.98. The van der Waals surface area contributed by atoms with Gasteiger partial charge >= 0.3 is 12.4 Å². The number of hydrogen-bond acceptors (Lipinski definition) is 4. The predicted octanol–water partition coefficient (Wildman–Crippen LogP) is 5.12. The molecule has 25 heavy (non-hydrogen) atoms. The lowest BCUT2D eigenvalue weighted by atomic mass is 10.3. The number of benzene rings is 1. The minimum absolute atomic E-state index is 0.0699. The van der Waals surface area contributed by atoms with Crippen LogP contribution in [0.2, 0.25) is 5.02 Å². The first-order valence-electron chi connectivity index (χ1n) is 6.52. The third-order valence-corrected chi connectivity index (χ3v) is 5.25. The second kappa shape index (κ2) is 7.67. The molecule has 0 unspecified atom stereocenters. The molecule has 0 radical (unpaired) electrons. The summed E-state index contributed by atoms with van der Waals surface area (Å²) >= 11 is 7.10. The molecule has 0 N–H and O–H groups in total. The van der Waals surface area contributed by atoms with Gasteiger partial charge in [-0.2, -0.15) is 26.3 Å². The van der Waals surface area contributed by atoms with Crippen molar-refractivity contribution in [1.29, 1.82) is 0 Å². The van der Waals surface area contributed by atoms with E-state index < -0.39 is 30.6 Å². The van der Waals surface area contributed by atoms with Crippen molar-refractivity contribution in [3.05, 3.63) is 23.2 Å². The van der Waals surface area contributed by atoms with Crippen LogP contribution in [0.15, 0.2) is 28.1 Å². The highest BCUT2D eigenvalue weighted by Gasteiger charge is 2.38. The molecule has 1 aliphatic rings. The van der Waals surface area contributed by atoms with Crippen molar-refractivity contribution in [3.8, 4) is 0 Å². The number of amides is 1. The average molecular weight is 423 g/mol. The van der Waals surface area contributed by atoms with Crippen LogP contribution in [0.1, 0.15) is 0 Å². The molecule has 0 aliphatic carbocycles. The van der Waals surface area contributed by atoms with Crippen LogP contribution < -0.4 is 0 Å². The molecule has 1 aromatic carbocycles. The number of halogens is 7. The molecule has 12 heteroatoms. The van der Waals surface area contributed by atoms with Gasteiger partial charge in [0.1, 0.15) is 6.54 Å². The first-order chi connectivity index (χ1) is 11.4. The summed E-state index contributed by atoms with van der Waals surface area (Å²) in [6.45, 7) is -1.47. The molecule has 0 atom stereocenters. The van der Waals surface area contributed by atoms with Crippen molar-refractivity contribution < 1.29 is 31.1 Å². The zero-order chi connectivity index (χ0) is 18.8. The fourth-order valence-corrected chi connectivity index (χ4v) is 3.67. The van der Waals surface area contributed by atoms with E-state index in [2.05, 4.69) is 4.99 Å². The van der Waals surface area contributed by atoms with E-state index in [0.29, 0.717) is 16.7 Å². The third-order valence-electron chi connectivity index (χ3n) is 2.72. The number of aliphatic imine (C=N–C) groups is 1. The number of amidine groups is 1. The Morgan fingerprint density at radius 3 is 2.48 bits per heavy atom. The van der Waals surface area contributed by atoms with Crippen LogP contribution in [0.4, 0.5) is 32.0 Å². The summed E-state index contributed by atoms with van der Waals surface area (Å²) in [4.78, 5) is 16.1. The van der Waals surface area contributed by atoms with Gasteiger partial charge in [-0.15, -0.1) is 11.8 Å². The molecule has 0 saturated carbocycles. The van der Waals surface area contributed by atoms with Crippen LogP contribution in [0.5, 0.6) is 0 Å². The molecule has 0 spiro atoms. The summed E-state index contributed by atoms with van der Waals surface area (Å²) in [7, 11) is 0. The smallest absolute Gasteiger partial charge is 0.281 e. The Labute approximate surface area is 151 Å². The highest BCUT2D eigenvalue weighted by atomic mass is 35.5. The van der Waals surface area contributed by atoms with Gasteiger partial charge in [-0.1, -0.05) is 23.4 Å². The largest absolute Gasteiger partial charge is 0.406 e. The molecule has 0 aromatic heterocycles. The maximum atomic E-state index is 12.5. The number of nitrogens with zero attached hydrogens (tertiary/aromatic N) is 2. The van der Waals surface area contributed by atoms with E-state index in [1.807, 2.05) is 0 Å². The number of carbonyl (C=O) groups is 1. The topological polar surface area (TPSA) is 32.7 Å². The first kappa shape index (κ1) is 20.2. The van der Waals surface area contributed by atoms with E-state index in [4.69, 9.17) is 11.6 Å². The Balaban J connectivity index is 2.23. The molecular weight excluding hydrogens is 414 g/mol. The van der Waals surface area contributed by atoms with Crippen molar-refractivity contribution >= 4 is 51.9 Å². The number of hydrogen-bond donors (Lipinski definition) is 0. The summed E-state index contributed by atoms with van der Waals surface area (Å²) in [5, 5.41) is -0.0862. The normalized spacial score (nSPS) is 17.6. The molecule has 1 aromatic rings.